The molecule has 8 heteroatoms. The van der Waals surface area contributed by atoms with Gasteiger partial charge in [0.1, 0.15) is 0 Å². The van der Waals surface area contributed by atoms with Gasteiger partial charge in [0, 0.05) is 12.2 Å². The van der Waals surface area contributed by atoms with Crippen LogP contribution in [0, 0.1) is 5.92 Å². The molecule has 0 bridgehead atoms. The number of carbonyl (C=O) groups is 3. The zero-order chi connectivity index (χ0) is 15.5. The lowest BCUT2D eigenvalue weighted by Crippen LogP contribution is -2.30. The molecule has 2 heterocycles. The van der Waals surface area contributed by atoms with E-state index in [9.17, 15) is 14.4 Å². The van der Waals surface area contributed by atoms with Crippen molar-refractivity contribution < 1.29 is 14.4 Å². The molecule has 124 valence electrons. The molecule has 0 aliphatic carbocycles. The van der Waals surface area contributed by atoms with E-state index in [1.54, 1.807) is 18.2 Å². The standard InChI is InChI=1S/C15H18N4O3.ClH/c20-13-8-17-15(22)19(13)9-10-2-1-3-12(6-10)18-14(21)11-4-5-16-7-11;/h1-3,6,11,16H,4-5,7-9H2,(H,17,22)(H,18,21);1H. The predicted octanol–water partition coefficient (Wildman–Crippen LogP) is 0.708. The van der Waals surface area contributed by atoms with Crippen LogP contribution in [0.4, 0.5) is 10.5 Å². The Morgan fingerprint density at radius 3 is 2.83 bits per heavy atom. The van der Waals surface area contributed by atoms with Gasteiger partial charge >= 0.3 is 6.03 Å². The number of amides is 4. The molecule has 0 spiro atoms. The van der Waals surface area contributed by atoms with Gasteiger partial charge in [-0.05, 0) is 30.7 Å². The van der Waals surface area contributed by atoms with Gasteiger partial charge in [0.25, 0.3) is 0 Å². The lowest BCUT2D eigenvalue weighted by Gasteiger charge is -2.14. The first-order chi connectivity index (χ1) is 10.6. The maximum atomic E-state index is 12.1. The van der Waals surface area contributed by atoms with Crippen molar-refractivity contribution in [3.8, 4) is 0 Å². The van der Waals surface area contributed by atoms with Crippen molar-refractivity contribution in [3.05, 3.63) is 29.8 Å². The van der Waals surface area contributed by atoms with Crippen LogP contribution < -0.4 is 16.0 Å². The van der Waals surface area contributed by atoms with Crippen molar-refractivity contribution in [3.63, 3.8) is 0 Å². The molecule has 1 aromatic rings. The Morgan fingerprint density at radius 2 is 2.17 bits per heavy atom. The lowest BCUT2D eigenvalue weighted by atomic mass is 10.1. The molecule has 1 unspecified atom stereocenters. The number of carbonyl (C=O) groups excluding carboxylic acids is 3. The van der Waals surface area contributed by atoms with E-state index in [0.29, 0.717) is 12.2 Å². The minimum absolute atomic E-state index is 0. The molecule has 4 amide bonds. The van der Waals surface area contributed by atoms with Crippen LogP contribution in [0.1, 0.15) is 12.0 Å². The molecular weight excluding hydrogens is 320 g/mol. The van der Waals surface area contributed by atoms with Gasteiger partial charge in [-0.1, -0.05) is 12.1 Å². The largest absolute Gasteiger partial charge is 0.329 e. The molecule has 3 N–H and O–H groups in total. The van der Waals surface area contributed by atoms with Crippen molar-refractivity contribution in [2.24, 2.45) is 5.92 Å². The summed E-state index contributed by atoms with van der Waals surface area (Å²) in [5.74, 6) is -0.247. The molecule has 2 aliphatic rings. The first kappa shape index (κ1) is 17.2. The SMILES string of the molecule is Cl.O=C(Nc1cccc(CN2C(=O)CNC2=O)c1)C1CCNC1. The van der Waals surface area contributed by atoms with Gasteiger partial charge in [0.15, 0.2) is 0 Å². The van der Waals surface area contributed by atoms with Gasteiger partial charge in [-0.25, -0.2) is 4.79 Å². The molecular formula is C15H19ClN4O3. The summed E-state index contributed by atoms with van der Waals surface area (Å²) in [6, 6.07) is 6.84. The molecule has 1 atom stereocenters. The Morgan fingerprint density at radius 1 is 1.35 bits per heavy atom. The van der Waals surface area contributed by atoms with Crippen molar-refractivity contribution >= 4 is 35.9 Å². The highest BCUT2D eigenvalue weighted by atomic mass is 35.5. The third kappa shape index (κ3) is 4.00. The van der Waals surface area contributed by atoms with E-state index < -0.39 is 0 Å². The number of hydrogen-bond acceptors (Lipinski definition) is 4. The number of hydrogen-bond donors (Lipinski definition) is 3. The van der Waals surface area contributed by atoms with Gasteiger partial charge in [-0.2, -0.15) is 0 Å². The van der Waals surface area contributed by atoms with E-state index in [1.165, 1.54) is 4.90 Å². The van der Waals surface area contributed by atoms with Crippen LogP contribution in [0.15, 0.2) is 24.3 Å². The summed E-state index contributed by atoms with van der Waals surface area (Å²) in [6.07, 6.45) is 0.841. The zero-order valence-corrected chi connectivity index (χ0v) is 13.3. The third-order valence-corrected chi connectivity index (χ3v) is 3.90. The van der Waals surface area contributed by atoms with E-state index in [4.69, 9.17) is 0 Å². The van der Waals surface area contributed by atoms with Crippen LogP contribution in [-0.2, 0) is 16.1 Å². The average Bonchev–Trinajstić information content (AvgIpc) is 3.13. The Labute approximate surface area is 140 Å². The van der Waals surface area contributed by atoms with Crippen LogP contribution in [0.3, 0.4) is 0 Å². The lowest BCUT2D eigenvalue weighted by molar-refractivity contribution is -0.125. The van der Waals surface area contributed by atoms with E-state index in [-0.39, 0.29) is 49.3 Å². The van der Waals surface area contributed by atoms with E-state index in [2.05, 4.69) is 16.0 Å². The summed E-state index contributed by atoms with van der Waals surface area (Å²) in [5, 5.41) is 8.53. The fourth-order valence-corrected chi connectivity index (χ4v) is 2.67. The minimum atomic E-state index is -0.378. The zero-order valence-electron chi connectivity index (χ0n) is 12.5. The molecule has 1 aromatic carbocycles. The monoisotopic (exact) mass is 338 g/mol. The maximum Gasteiger partial charge on any atom is 0.324 e. The normalized spacial score (nSPS) is 20.2. The van der Waals surface area contributed by atoms with Crippen LogP contribution in [-0.4, -0.2) is 42.4 Å². The van der Waals surface area contributed by atoms with Crippen molar-refractivity contribution in [1.82, 2.24) is 15.5 Å². The smallest absolute Gasteiger partial charge is 0.324 e. The molecule has 0 aromatic heterocycles. The summed E-state index contributed by atoms with van der Waals surface area (Å²) < 4.78 is 0. The van der Waals surface area contributed by atoms with E-state index in [0.717, 1.165) is 18.5 Å². The van der Waals surface area contributed by atoms with Crippen molar-refractivity contribution in [2.45, 2.75) is 13.0 Å². The molecule has 2 aliphatic heterocycles. The number of urea groups is 1. The van der Waals surface area contributed by atoms with Gasteiger partial charge < -0.3 is 16.0 Å². The molecule has 2 saturated heterocycles. The first-order valence-electron chi connectivity index (χ1n) is 7.32. The Balaban J connectivity index is 0.00000192. The number of imide groups is 1. The second kappa shape index (κ2) is 7.43. The number of nitrogens with zero attached hydrogens (tertiary/aromatic N) is 1. The fraction of sp³-hybridized carbons (Fsp3) is 0.400. The average molecular weight is 339 g/mol. The second-order valence-electron chi connectivity index (χ2n) is 5.52. The highest BCUT2D eigenvalue weighted by molar-refractivity contribution is 6.01. The van der Waals surface area contributed by atoms with Crippen LogP contribution >= 0.6 is 12.4 Å². The van der Waals surface area contributed by atoms with Gasteiger partial charge in [0.2, 0.25) is 11.8 Å². The van der Waals surface area contributed by atoms with Gasteiger partial charge in [-0.15, -0.1) is 12.4 Å². The van der Waals surface area contributed by atoms with Crippen molar-refractivity contribution in [1.29, 1.82) is 0 Å². The van der Waals surface area contributed by atoms with Gasteiger partial charge in [0.05, 0.1) is 19.0 Å². The summed E-state index contributed by atoms with van der Waals surface area (Å²) in [4.78, 5) is 36.4. The third-order valence-electron chi connectivity index (χ3n) is 3.90. The molecule has 23 heavy (non-hydrogen) atoms. The predicted molar refractivity (Wildman–Crippen MR) is 87.2 cm³/mol. The summed E-state index contributed by atoms with van der Waals surface area (Å²) >= 11 is 0. The number of anilines is 1. The molecule has 7 nitrogen and oxygen atoms in total. The first-order valence-corrected chi connectivity index (χ1v) is 7.32. The number of nitrogens with one attached hydrogen (secondary N) is 3. The Bertz CT molecular complexity index is 600. The summed E-state index contributed by atoms with van der Waals surface area (Å²) in [5.41, 5.74) is 1.48. The van der Waals surface area contributed by atoms with Crippen LogP contribution in [0.25, 0.3) is 0 Å². The van der Waals surface area contributed by atoms with Gasteiger partial charge in [-0.3, -0.25) is 14.5 Å². The van der Waals surface area contributed by atoms with E-state index >= 15 is 0 Å². The minimum Gasteiger partial charge on any atom is -0.329 e. The molecule has 2 fully saturated rings. The maximum absolute atomic E-state index is 12.1. The fourth-order valence-electron chi connectivity index (χ4n) is 2.67. The van der Waals surface area contributed by atoms with E-state index in [1.807, 2.05) is 6.07 Å². The summed E-state index contributed by atoms with van der Waals surface area (Å²) in [7, 11) is 0. The topological polar surface area (TPSA) is 90.5 Å². The van der Waals surface area contributed by atoms with Crippen LogP contribution in [0.2, 0.25) is 0 Å². The highest BCUT2D eigenvalue weighted by Gasteiger charge is 2.28. The molecule has 3 rings (SSSR count). The van der Waals surface area contributed by atoms with Crippen molar-refractivity contribution in [2.75, 3.05) is 25.0 Å². The number of rotatable bonds is 4. The Hall–Kier alpha value is -2.12. The number of halogens is 1. The molecule has 0 saturated carbocycles. The second-order valence-corrected chi connectivity index (χ2v) is 5.52. The summed E-state index contributed by atoms with van der Waals surface area (Å²) in [6.45, 7) is 1.82. The quantitative estimate of drug-likeness (QED) is 0.705. The number of benzene rings is 1. The van der Waals surface area contributed by atoms with Crippen LogP contribution in [0.5, 0.6) is 0 Å². The highest BCUT2D eigenvalue weighted by Crippen LogP contribution is 2.16. The Kier molecular flexibility index (Phi) is 5.57. The molecule has 0 radical (unpaired) electrons.